The Hall–Kier alpha value is -1.72. The smallest absolute Gasteiger partial charge is 0.224 e. The van der Waals surface area contributed by atoms with Crippen LogP contribution in [0.15, 0.2) is 29.0 Å². The van der Waals surface area contributed by atoms with E-state index in [1.165, 1.54) is 6.07 Å². The van der Waals surface area contributed by atoms with Crippen LogP contribution >= 0.6 is 11.3 Å². The highest BCUT2D eigenvalue weighted by atomic mass is 32.1. The van der Waals surface area contributed by atoms with Gasteiger partial charge in [-0.15, -0.1) is 0 Å². The molecule has 0 saturated heterocycles. The van der Waals surface area contributed by atoms with E-state index in [1.54, 1.807) is 11.3 Å². The Labute approximate surface area is 127 Å². The van der Waals surface area contributed by atoms with Crippen molar-refractivity contribution in [2.45, 2.75) is 25.8 Å². The molecule has 1 aromatic heterocycles. The second-order valence-electron chi connectivity index (χ2n) is 5.13. The molecule has 0 bridgehead atoms. The van der Waals surface area contributed by atoms with Crippen LogP contribution in [0.5, 0.6) is 0 Å². The van der Waals surface area contributed by atoms with E-state index in [9.17, 15) is 9.18 Å². The molecule has 21 heavy (non-hydrogen) atoms. The zero-order valence-corrected chi connectivity index (χ0v) is 12.6. The molecular formula is C16H17FN2OS. The Kier molecular flexibility index (Phi) is 4.03. The third-order valence-corrected chi connectivity index (χ3v) is 4.42. The lowest BCUT2D eigenvalue weighted by molar-refractivity contribution is -0.116. The molecule has 1 atom stereocenters. The maximum Gasteiger partial charge on any atom is 0.224 e. The molecule has 1 aliphatic rings. The molecule has 5 heteroatoms. The van der Waals surface area contributed by atoms with E-state index in [1.807, 2.05) is 29.8 Å². The summed E-state index contributed by atoms with van der Waals surface area (Å²) >= 11 is 1.60. The summed E-state index contributed by atoms with van der Waals surface area (Å²) in [5.41, 5.74) is 3.32. The summed E-state index contributed by atoms with van der Waals surface area (Å²) in [7, 11) is 0. The molecule has 2 N–H and O–H groups in total. The van der Waals surface area contributed by atoms with Crippen LogP contribution in [0.1, 0.15) is 36.1 Å². The number of amides is 1. The second kappa shape index (κ2) is 5.95. The normalized spacial score (nSPS) is 15.4. The molecule has 0 spiro atoms. The van der Waals surface area contributed by atoms with Crippen LogP contribution in [0, 0.1) is 5.82 Å². The fourth-order valence-corrected chi connectivity index (χ4v) is 3.38. The predicted octanol–water partition coefficient (Wildman–Crippen LogP) is 3.47. The average molecular weight is 304 g/mol. The molecule has 1 unspecified atom stereocenters. The van der Waals surface area contributed by atoms with E-state index < -0.39 is 0 Å². The van der Waals surface area contributed by atoms with Crippen LogP contribution in [0.25, 0.3) is 0 Å². The van der Waals surface area contributed by atoms with Crippen molar-refractivity contribution in [1.29, 1.82) is 0 Å². The molecular weight excluding hydrogens is 287 g/mol. The largest absolute Gasteiger partial charge is 0.326 e. The summed E-state index contributed by atoms with van der Waals surface area (Å²) in [5.74, 6) is -0.330. The molecule has 110 valence electrons. The number of nitrogens with one attached hydrogen (secondary N) is 2. The summed E-state index contributed by atoms with van der Waals surface area (Å²) in [4.78, 5) is 11.4. The van der Waals surface area contributed by atoms with Crippen molar-refractivity contribution in [1.82, 2.24) is 5.32 Å². The highest BCUT2D eigenvalue weighted by Crippen LogP contribution is 2.32. The minimum atomic E-state index is -0.284. The first-order chi connectivity index (χ1) is 10.2. The molecule has 1 aliphatic heterocycles. The number of carbonyl (C=O) groups is 1. The Balaban J connectivity index is 2.02. The molecule has 0 aliphatic carbocycles. The van der Waals surface area contributed by atoms with Gasteiger partial charge in [0.05, 0.1) is 6.04 Å². The van der Waals surface area contributed by atoms with E-state index in [2.05, 4.69) is 10.6 Å². The second-order valence-corrected chi connectivity index (χ2v) is 5.91. The Morgan fingerprint density at radius 3 is 3.00 bits per heavy atom. The maximum absolute atomic E-state index is 14.5. The van der Waals surface area contributed by atoms with Crippen LogP contribution in [0.3, 0.4) is 0 Å². The van der Waals surface area contributed by atoms with Crippen molar-refractivity contribution >= 4 is 22.9 Å². The molecule has 3 nitrogen and oxygen atoms in total. The van der Waals surface area contributed by atoms with Crippen LogP contribution in [0.4, 0.5) is 10.1 Å². The average Bonchev–Trinajstić information content (AvgIpc) is 2.98. The molecule has 0 saturated carbocycles. The van der Waals surface area contributed by atoms with Gasteiger partial charge in [0.25, 0.3) is 0 Å². The summed E-state index contributed by atoms with van der Waals surface area (Å²) < 4.78 is 14.5. The molecule has 2 heterocycles. The molecule has 2 aromatic rings. The van der Waals surface area contributed by atoms with Gasteiger partial charge in [-0.2, -0.15) is 11.3 Å². The highest BCUT2D eigenvalue weighted by Gasteiger charge is 2.22. The SMILES string of the molecule is CCNC(c1ccsc1)c1cc2c(cc1F)NC(=O)CC2. The molecule has 1 amide bonds. The number of halogens is 1. The van der Waals surface area contributed by atoms with Gasteiger partial charge in [-0.25, -0.2) is 4.39 Å². The molecule has 0 radical (unpaired) electrons. The Morgan fingerprint density at radius 2 is 2.29 bits per heavy atom. The van der Waals surface area contributed by atoms with Crippen molar-refractivity contribution < 1.29 is 9.18 Å². The maximum atomic E-state index is 14.5. The number of aryl methyl sites for hydroxylation is 1. The third-order valence-electron chi connectivity index (χ3n) is 3.71. The van der Waals surface area contributed by atoms with Gasteiger partial charge in [0.1, 0.15) is 5.82 Å². The van der Waals surface area contributed by atoms with Gasteiger partial charge in [-0.05, 0) is 53.1 Å². The van der Waals surface area contributed by atoms with Crippen molar-refractivity contribution in [2.75, 3.05) is 11.9 Å². The topological polar surface area (TPSA) is 41.1 Å². The highest BCUT2D eigenvalue weighted by molar-refractivity contribution is 7.08. The predicted molar refractivity (Wildman–Crippen MR) is 83.2 cm³/mol. The van der Waals surface area contributed by atoms with Gasteiger partial charge in [-0.1, -0.05) is 6.92 Å². The van der Waals surface area contributed by atoms with Crippen LogP contribution in [-0.2, 0) is 11.2 Å². The van der Waals surface area contributed by atoms with Crippen molar-refractivity contribution in [3.63, 3.8) is 0 Å². The minimum Gasteiger partial charge on any atom is -0.326 e. The zero-order chi connectivity index (χ0) is 14.8. The number of benzene rings is 1. The number of thiophene rings is 1. The van der Waals surface area contributed by atoms with Crippen LogP contribution < -0.4 is 10.6 Å². The first kappa shape index (κ1) is 14.2. The number of rotatable bonds is 4. The van der Waals surface area contributed by atoms with E-state index in [0.29, 0.717) is 24.1 Å². The number of carbonyl (C=O) groups excluding carboxylic acids is 1. The lowest BCUT2D eigenvalue weighted by Gasteiger charge is -2.23. The van der Waals surface area contributed by atoms with E-state index in [4.69, 9.17) is 0 Å². The van der Waals surface area contributed by atoms with Crippen molar-refractivity contribution in [3.05, 3.63) is 51.5 Å². The molecule has 1 aromatic carbocycles. The van der Waals surface area contributed by atoms with Gasteiger partial charge in [0.15, 0.2) is 0 Å². The van der Waals surface area contributed by atoms with Crippen LogP contribution in [-0.4, -0.2) is 12.5 Å². The summed E-state index contributed by atoms with van der Waals surface area (Å²) in [5, 5.41) is 10.1. The zero-order valence-electron chi connectivity index (χ0n) is 11.8. The van der Waals surface area contributed by atoms with Gasteiger partial charge in [0, 0.05) is 17.7 Å². The number of hydrogen-bond donors (Lipinski definition) is 2. The van der Waals surface area contributed by atoms with Gasteiger partial charge >= 0.3 is 0 Å². The Morgan fingerprint density at radius 1 is 1.43 bits per heavy atom. The standard InChI is InChI=1S/C16H17FN2OS/c1-2-18-16(11-5-6-21-9-11)12-7-10-3-4-15(20)19-14(10)8-13(12)17/h5-9,16,18H,2-4H2,1H3,(H,19,20). The van der Waals surface area contributed by atoms with Crippen LogP contribution in [0.2, 0.25) is 0 Å². The van der Waals surface area contributed by atoms with E-state index in [0.717, 1.165) is 17.7 Å². The fourth-order valence-electron chi connectivity index (χ4n) is 2.69. The van der Waals surface area contributed by atoms with E-state index >= 15 is 0 Å². The Bertz CT molecular complexity index is 655. The summed E-state index contributed by atoms with van der Waals surface area (Å²) in [6.45, 7) is 2.77. The minimum absolute atomic E-state index is 0.0456. The van der Waals surface area contributed by atoms with Crippen molar-refractivity contribution in [2.24, 2.45) is 0 Å². The van der Waals surface area contributed by atoms with Crippen molar-refractivity contribution in [3.8, 4) is 0 Å². The lowest BCUT2D eigenvalue weighted by atomic mass is 9.94. The third kappa shape index (κ3) is 2.84. The number of anilines is 1. The fraction of sp³-hybridized carbons (Fsp3) is 0.312. The lowest BCUT2D eigenvalue weighted by Crippen LogP contribution is -2.24. The quantitative estimate of drug-likeness (QED) is 0.908. The first-order valence-electron chi connectivity index (χ1n) is 7.06. The van der Waals surface area contributed by atoms with Gasteiger partial charge < -0.3 is 10.6 Å². The van der Waals surface area contributed by atoms with E-state index in [-0.39, 0.29) is 17.8 Å². The summed E-state index contributed by atoms with van der Waals surface area (Å²) in [6, 6.07) is 5.19. The number of fused-ring (bicyclic) bond motifs is 1. The molecule has 0 fully saturated rings. The first-order valence-corrected chi connectivity index (χ1v) is 8.01. The summed E-state index contributed by atoms with van der Waals surface area (Å²) in [6.07, 6.45) is 1.12. The van der Waals surface area contributed by atoms with Gasteiger partial charge in [-0.3, -0.25) is 4.79 Å². The number of hydrogen-bond acceptors (Lipinski definition) is 3. The van der Waals surface area contributed by atoms with Gasteiger partial charge in [0.2, 0.25) is 5.91 Å². The molecule has 3 rings (SSSR count). The monoisotopic (exact) mass is 304 g/mol.